The van der Waals surface area contributed by atoms with Crippen LogP contribution in [0.15, 0.2) is 85.1 Å². The fourth-order valence-electron chi connectivity index (χ4n) is 3.91. The van der Waals surface area contributed by atoms with Crippen molar-refractivity contribution in [3.05, 3.63) is 85.1 Å². The lowest BCUT2D eigenvalue weighted by atomic mass is 10.2. The van der Waals surface area contributed by atoms with Crippen LogP contribution in [0.4, 0.5) is 0 Å². The number of likely N-dealkylation sites (N-methyl/N-ethyl adjacent to an activating group) is 1. The molecule has 0 aromatic rings. The summed E-state index contributed by atoms with van der Waals surface area (Å²) in [7, 11) is 1.30. The van der Waals surface area contributed by atoms with E-state index in [-0.39, 0.29) is 26.2 Å². The predicted octanol–water partition coefficient (Wildman–Crippen LogP) is 9.13. The highest BCUT2D eigenvalue weighted by Gasteiger charge is 2.20. The molecule has 0 heterocycles. The highest BCUT2D eigenvalue weighted by molar-refractivity contribution is 7.45. The number of carbonyl (C=O) groups is 1. The number of ether oxygens (including phenoxy) is 2. The number of allylic oxidation sites excluding steroid dienone is 14. The van der Waals surface area contributed by atoms with Gasteiger partial charge in [0, 0.05) is 13.0 Å². The van der Waals surface area contributed by atoms with Gasteiger partial charge in [-0.3, -0.25) is 9.36 Å². The fraction of sp³-hybridized carbons (Fsp3) is 0.615. The molecule has 8 nitrogen and oxygen atoms in total. The first-order chi connectivity index (χ1) is 23.1. The summed E-state index contributed by atoms with van der Waals surface area (Å²) in [6, 6.07) is 0. The number of phosphoric acid groups is 1. The second-order valence-electron chi connectivity index (χ2n) is 12.5. The van der Waals surface area contributed by atoms with Crippen molar-refractivity contribution in [3.63, 3.8) is 0 Å². The average molecular weight is 692 g/mol. The second kappa shape index (κ2) is 31.9. The molecule has 2 atom stereocenters. The molecule has 0 amide bonds. The van der Waals surface area contributed by atoms with E-state index in [0.717, 1.165) is 70.6 Å². The van der Waals surface area contributed by atoms with Crippen LogP contribution in [-0.4, -0.2) is 70.7 Å². The molecule has 0 N–H and O–H groups in total. The van der Waals surface area contributed by atoms with Gasteiger partial charge in [0.1, 0.15) is 19.3 Å². The third kappa shape index (κ3) is 35.0. The minimum atomic E-state index is -4.51. The first kappa shape index (κ1) is 45.7. The van der Waals surface area contributed by atoms with Crippen molar-refractivity contribution < 1.29 is 37.3 Å². The molecular formula is C39H66NO7P. The summed E-state index contributed by atoms with van der Waals surface area (Å²) < 4.78 is 33.8. The molecule has 0 aliphatic carbocycles. The number of quaternary nitrogens is 1. The van der Waals surface area contributed by atoms with E-state index in [1.165, 1.54) is 0 Å². The quantitative estimate of drug-likeness (QED) is 0.0235. The van der Waals surface area contributed by atoms with Crippen molar-refractivity contribution in [1.82, 2.24) is 0 Å². The summed E-state index contributed by atoms with van der Waals surface area (Å²) in [4.78, 5) is 24.3. The van der Waals surface area contributed by atoms with Crippen LogP contribution < -0.4 is 4.89 Å². The Hall–Kier alpha value is -2.32. The van der Waals surface area contributed by atoms with Crippen LogP contribution >= 0.6 is 7.82 Å². The van der Waals surface area contributed by atoms with Crippen molar-refractivity contribution >= 4 is 13.8 Å². The van der Waals surface area contributed by atoms with E-state index in [9.17, 15) is 14.3 Å². The van der Waals surface area contributed by atoms with Gasteiger partial charge >= 0.3 is 5.97 Å². The van der Waals surface area contributed by atoms with Gasteiger partial charge in [0.05, 0.1) is 34.4 Å². The maximum Gasteiger partial charge on any atom is 0.306 e. The van der Waals surface area contributed by atoms with E-state index >= 15 is 0 Å². The fourth-order valence-corrected chi connectivity index (χ4v) is 4.64. The molecule has 0 saturated carbocycles. The van der Waals surface area contributed by atoms with Gasteiger partial charge in [-0.1, -0.05) is 105 Å². The van der Waals surface area contributed by atoms with Crippen molar-refractivity contribution in [3.8, 4) is 0 Å². The van der Waals surface area contributed by atoms with Gasteiger partial charge in [0.15, 0.2) is 0 Å². The normalized spacial score (nSPS) is 15.0. The molecular weight excluding hydrogens is 625 g/mol. The Balaban J connectivity index is 4.08. The molecule has 0 aliphatic rings. The minimum Gasteiger partial charge on any atom is -0.756 e. The van der Waals surface area contributed by atoms with Crippen molar-refractivity contribution in [2.45, 2.75) is 103 Å². The van der Waals surface area contributed by atoms with Crippen LogP contribution in [0.5, 0.6) is 0 Å². The summed E-state index contributed by atoms with van der Waals surface area (Å²) in [5, 5.41) is 0. The number of esters is 1. The van der Waals surface area contributed by atoms with Gasteiger partial charge in [-0.15, -0.1) is 0 Å². The number of hydrogen-bond acceptors (Lipinski definition) is 7. The number of carbonyl (C=O) groups excluding carboxylic acids is 1. The molecule has 2 unspecified atom stereocenters. The number of phosphoric ester groups is 1. The molecule has 0 fully saturated rings. The summed E-state index contributed by atoms with van der Waals surface area (Å²) in [5.74, 6) is -0.391. The third-order valence-corrected chi connectivity index (χ3v) is 7.68. The SMILES string of the molecule is CC/C=C\C/C=C\C/C=C\C/C=C\C/C=C\C/C=C\C/C=C\CCCCOCC(COP(=O)([O-])OCC[N+](C)(C)C)OC(=O)CCCC. The van der Waals surface area contributed by atoms with Crippen molar-refractivity contribution in [2.75, 3.05) is 54.1 Å². The highest BCUT2D eigenvalue weighted by Crippen LogP contribution is 2.38. The zero-order chi connectivity index (χ0) is 35.6. The van der Waals surface area contributed by atoms with Crippen LogP contribution in [0, 0.1) is 0 Å². The number of nitrogens with zero attached hydrogens (tertiary/aromatic N) is 1. The molecule has 0 aromatic heterocycles. The standard InChI is InChI=1S/C39H66NO7P/c1-6-8-10-11-12-13-14-15-16-17-18-19-20-21-22-23-24-25-26-27-28-29-30-31-34-44-36-38(47-39(41)32-9-7-2)37-46-48(42,43)45-35-33-40(3,4)5/h8,10,12-13,15-16,18-19,21-22,24-25,27-28,38H,6-7,9,11,14,17,20,23,26,29-37H2,1-5H3/b10-8-,13-12-,16-15-,19-18-,22-21-,25-24-,28-27-. The van der Waals surface area contributed by atoms with Crippen LogP contribution in [0.25, 0.3) is 0 Å². The van der Waals surface area contributed by atoms with E-state index in [0.29, 0.717) is 24.1 Å². The summed E-state index contributed by atoms with van der Waals surface area (Å²) >= 11 is 0. The van der Waals surface area contributed by atoms with Crippen LogP contribution in [-0.2, 0) is 27.9 Å². The third-order valence-electron chi connectivity index (χ3n) is 6.71. The van der Waals surface area contributed by atoms with Crippen LogP contribution in [0.2, 0.25) is 0 Å². The lowest BCUT2D eigenvalue weighted by molar-refractivity contribution is -0.870. The monoisotopic (exact) mass is 691 g/mol. The van der Waals surface area contributed by atoms with E-state index in [1.807, 2.05) is 28.1 Å². The smallest absolute Gasteiger partial charge is 0.306 e. The molecule has 274 valence electrons. The van der Waals surface area contributed by atoms with Crippen LogP contribution in [0.1, 0.15) is 97.3 Å². The van der Waals surface area contributed by atoms with Gasteiger partial charge in [-0.2, -0.15) is 0 Å². The van der Waals surface area contributed by atoms with E-state index in [1.54, 1.807) is 0 Å². The Morgan fingerprint density at radius 1 is 0.667 bits per heavy atom. The van der Waals surface area contributed by atoms with E-state index in [2.05, 4.69) is 92.0 Å². The Labute approximate surface area is 293 Å². The van der Waals surface area contributed by atoms with E-state index in [4.69, 9.17) is 18.5 Å². The Kier molecular flexibility index (Phi) is 30.4. The van der Waals surface area contributed by atoms with Crippen molar-refractivity contribution in [1.29, 1.82) is 0 Å². The number of hydrogen-bond donors (Lipinski definition) is 0. The lowest BCUT2D eigenvalue weighted by Crippen LogP contribution is -2.37. The van der Waals surface area contributed by atoms with Crippen molar-refractivity contribution in [2.24, 2.45) is 0 Å². The highest BCUT2D eigenvalue weighted by atomic mass is 31.2. The van der Waals surface area contributed by atoms with Gasteiger partial charge < -0.3 is 27.9 Å². The molecule has 0 aliphatic heterocycles. The number of unbranched alkanes of at least 4 members (excludes halogenated alkanes) is 3. The molecule has 0 aromatic carbocycles. The first-order valence-electron chi connectivity index (χ1n) is 17.8. The lowest BCUT2D eigenvalue weighted by Gasteiger charge is -2.28. The molecule has 9 heteroatoms. The predicted molar refractivity (Wildman–Crippen MR) is 198 cm³/mol. The minimum absolute atomic E-state index is 0.0115. The molecule has 0 bridgehead atoms. The maximum atomic E-state index is 12.1. The summed E-state index contributed by atoms with van der Waals surface area (Å²) in [6.07, 6.45) is 41.5. The molecule has 0 saturated heterocycles. The second-order valence-corrected chi connectivity index (χ2v) is 13.9. The Morgan fingerprint density at radius 2 is 1.17 bits per heavy atom. The number of rotatable bonds is 31. The zero-order valence-corrected chi connectivity index (χ0v) is 31.5. The maximum absolute atomic E-state index is 12.1. The molecule has 0 radical (unpaired) electrons. The largest absolute Gasteiger partial charge is 0.756 e. The van der Waals surface area contributed by atoms with Gasteiger partial charge in [-0.05, 0) is 70.6 Å². The zero-order valence-electron chi connectivity index (χ0n) is 30.6. The van der Waals surface area contributed by atoms with Gasteiger partial charge in [0.2, 0.25) is 0 Å². The van der Waals surface area contributed by atoms with Gasteiger partial charge in [-0.25, -0.2) is 0 Å². The van der Waals surface area contributed by atoms with Gasteiger partial charge in [0.25, 0.3) is 7.82 Å². The Bertz CT molecular complexity index is 1040. The first-order valence-corrected chi connectivity index (χ1v) is 19.3. The topological polar surface area (TPSA) is 94.1 Å². The summed E-state index contributed by atoms with van der Waals surface area (Å²) in [5.41, 5.74) is 0. The van der Waals surface area contributed by atoms with Crippen LogP contribution in [0.3, 0.4) is 0 Å². The summed E-state index contributed by atoms with van der Waals surface area (Å²) in [6.45, 7) is 4.87. The molecule has 48 heavy (non-hydrogen) atoms. The van der Waals surface area contributed by atoms with E-state index < -0.39 is 19.9 Å². The Morgan fingerprint density at radius 3 is 1.65 bits per heavy atom. The molecule has 0 rings (SSSR count). The average Bonchev–Trinajstić information content (AvgIpc) is 3.03. The molecule has 0 spiro atoms.